The minimum absolute atomic E-state index is 0.145. The molecular formula is C56H41N. The predicted molar refractivity (Wildman–Crippen MR) is 239 cm³/mol. The van der Waals surface area contributed by atoms with Crippen molar-refractivity contribution in [2.45, 2.75) is 24.7 Å². The van der Waals surface area contributed by atoms with E-state index in [0.717, 1.165) is 11.4 Å². The van der Waals surface area contributed by atoms with Gasteiger partial charge in [0.2, 0.25) is 0 Å². The molecule has 0 fully saturated rings. The van der Waals surface area contributed by atoms with Crippen LogP contribution in [0.15, 0.2) is 212 Å². The third-order valence-electron chi connectivity index (χ3n) is 12.7. The summed E-state index contributed by atoms with van der Waals surface area (Å²) in [4.78, 5) is 2.55. The molecule has 1 heteroatoms. The van der Waals surface area contributed by atoms with Crippen LogP contribution in [0.1, 0.15) is 47.2 Å². The van der Waals surface area contributed by atoms with Gasteiger partial charge in [0, 0.05) is 27.7 Å². The molecule has 1 nitrogen and oxygen atoms in total. The maximum Gasteiger partial charge on any atom is 0.0714 e. The highest BCUT2D eigenvalue weighted by molar-refractivity contribution is 6.11. The molecule has 0 unspecified atom stereocenters. The number of hydrogen-bond donors (Lipinski definition) is 0. The van der Waals surface area contributed by atoms with Crippen LogP contribution in [0.25, 0.3) is 44.2 Å². The summed E-state index contributed by atoms with van der Waals surface area (Å²) >= 11 is 0. The summed E-state index contributed by atoms with van der Waals surface area (Å²) in [6, 6.07) is 78.8. The Kier molecular flexibility index (Phi) is 7.50. The van der Waals surface area contributed by atoms with Gasteiger partial charge in [0.25, 0.3) is 0 Å². The molecule has 0 aliphatic heterocycles. The topological polar surface area (TPSA) is 3.24 Å². The van der Waals surface area contributed by atoms with Crippen molar-refractivity contribution in [1.29, 1.82) is 0 Å². The first kappa shape index (κ1) is 33.4. The normalized spacial score (nSPS) is 14.1. The smallest absolute Gasteiger partial charge is 0.0714 e. The molecular weight excluding hydrogens is 687 g/mol. The van der Waals surface area contributed by atoms with Gasteiger partial charge in [-0.25, -0.2) is 0 Å². The number of benzene rings is 9. The van der Waals surface area contributed by atoms with E-state index in [4.69, 9.17) is 0 Å². The average Bonchev–Trinajstić information content (AvgIpc) is 3.70. The fourth-order valence-electron chi connectivity index (χ4n) is 10.1. The monoisotopic (exact) mass is 727 g/mol. The second kappa shape index (κ2) is 12.8. The van der Waals surface area contributed by atoms with Crippen molar-refractivity contribution in [2.75, 3.05) is 4.90 Å². The lowest BCUT2D eigenvalue weighted by atomic mass is 9.67. The van der Waals surface area contributed by atoms with Gasteiger partial charge in [0.05, 0.1) is 11.1 Å². The van der Waals surface area contributed by atoms with Gasteiger partial charge in [0.1, 0.15) is 0 Å². The van der Waals surface area contributed by atoms with Crippen molar-refractivity contribution in [1.82, 2.24) is 0 Å². The Morgan fingerprint density at radius 2 is 0.895 bits per heavy atom. The van der Waals surface area contributed by atoms with Crippen LogP contribution in [0.5, 0.6) is 0 Å². The summed E-state index contributed by atoms with van der Waals surface area (Å²) in [5, 5.41) is 2.44. The zero-order valence-corrected chi connectivity index (χ0v) is 32.2. The van der Waals surface area contributed by atoms with Crippen molar-refractivity contribution in [2.24, 2.45) is 0 Å². The molecule has 0 radical (unpaired) electrons. The first-order valence-corrected chi connectivity index (χ1v) is 20.0. The summed E-state index contributed by atoms with van der Waals surface area (Å²) < 4.78 is 0. The third-order valence-corrected chi connectivity index (χ3v) is 12.7. The number of anilines is 3. The molecule has 11 rings (SSSR count). The van der Waals surface area contributed by atoms with Crippen LogP contribution in [0, 0.1) is 0 Å². The number of fused-ring (bicyclic) bond motifs is 7. The van der Waals surface area contributed by atoms with Crippen LogP contribution in [0.3, 0.4) is 0 Å². The lowest BCUT2D eigenvalue weighted by Gasteiger charge is -2.35. The molecule has 2 aliphatic carbocycles. The van der Waals surface area contributed by atoms with Gasteiger partial charge in [-0.05, 0) is 96.9 Å². The largest absolute Gasteiger partial charge is 0.309 e. The zero-order valence-electron chi connectivity index (χ0n) is 32.2. The predicted octanol–water partition coefficient (Wildman–Crippen LogP) is 14.6. The highest BCUT2D eigenvalue weighted by Crippen LogP contribution is 2.61. The molecule has 0 saturated carbocycles. The van der Waals surface area contributed by atoms with Crippen LogP contribution in [0.4, 0.5) is 17.1 Å². The van der Waals surface area contributed by atoms with E-state index in [1.807, 2.05) is 0 Å². The molecule has 0 N–H and O–H groups in total. The van der Waals surface area contributed by atoms with E-state index in [1.54, 1.807) is 0 Å². The maximum absolute atomic E-state index is 2.55. The Labute approximate surface area is 335 Å². The molecule has 9 aromatic carbocycles. The fourth-order valence-corrected chi connectivity index (χ4v) is 10.1. The van der Waals surface area contributed by atoms with Crippen LogP contribution < -0.4 is 4.90 Å². The molecule has 2 aliphatic rings. The van der Waals surface area contributed by atoms with Gasteiger partial charge >= 0.3 is 0 Å². The molecule has 57 heavy (non-hydrogen) atoms. The quantitative estimate of drug-likeness (QED) is 0.165. The highest BCUT2D eigenvalue weighted by Gasteiger charge is 2.48. The van der Waals surface area contributed by atoms with E-state index in [0.29, 0.717) is 0 Å². The first-order chi connectivity index (χ1) is 28.0. The zero-order chi connectivity index (χ0) is 38.1. The van der Waals surface area contributed by atoms with Gasteiger partial charge in [-0.3, -0.25) is 0 Å². The van der Waals surface area contributed by atoms with Gasteiger partial charge in [0.15, 0.2) is 0 Å². The molecule has 270 valence electrons. The SMILES string of the molecule is CC1(C)c2ccccc2-c2ccc(N(c3ccc(-c4ccccc4)cc3)c3c4c(cc5ccccc35)C(c3ccccc3)(c3ccccc3)c3ccccc3-4)cc21. The highest BCUT2D eigenvalue weighted by atomic mass is 15.1. The Morgan fingerprint density at radius 3 is 1.60 bits per heavy atom. The van der Waals surface area contributed by atoms with Crippen molar-refractivity contribution < 1.29 is 0 Å². The van der Waals surface area contributed by atoms with Gasteiger partial charge < -0.3 is 4.90 Å². The summed E-state index contributed by atoms with van der Waals surface area (Å²) in [6.07, 6.45) is 0. The van der Waals surface area contributed by atoms with E-state index >= 15 is 0 Å². The Balaban J connectivity index is 1.26. The summed E-state index contributed by atoms with van der Waals surface area (Å²) in [5.74, 6) is 0. The van der Waals surface area contributed by atoms with Crippen molar-refractivity contribution in [3.8, 4) is 33.4 Å². The minimum Gasteiger partial charge on any atom is -0.309 e. The van der Waals surface area contributed by atoms with Crippen LogP contribution >= 0.6 is 0 Å². The Morgan fingerprint density at radius 1 is 0.368 bits per heavy atom. The molecule has 0 heterocycles. The molecule has 0 amide bonds. The van der Waals surface area contributed by atoms with Crippen LogP contribution in [-0.2, 0) is 10.8 Å². The Hall–Kier alpha value is -6.96. The molecule has 0 bridgehead atoms. The number of nitrogens with zero attached hydrogens (tertiary/aromatic N) is 1. The lowest BCUT2D eigenvalue weighted by molar-refractivity contribution is 0.660. The standard InChI is InChI=1S/C56H41N/c1-55(2)49-28-16-14-26-46(49)47-35-34-44(37-51(47)55)57(43-32-30-39(31-33-43)38-18-6-3-7-19-38)54-45-25-13-12-20-40(45)36-52-53(54)48-27-15-17-29-50(48)56(52,41-21-8-4-9-22-41)42-23-10-5-11-24-42/h3-37H,1-2H3. The minimum atomic E-state index is -0.530. The van der Waals surface area contributed by atoms with Crippen molar-refractivity contribution >= 4 is 27.8 Å². The number of rotatable bonds is 6. The lowest BCUT2D eigenvalue weighted by Crippen LogP contribution is -2.28. The van der Waals surface area contributed by atoms with E-state index in [-0.39, 0.29) is 5.41 Å². The van der Waals surface area contributed by atoms with E-state index in [1.165, 1.54) is 83.2 Å². The van der Waals surface area contributed by atoms with E-state index in [9.17, 15) is 0 Å². The summed E-state index contributed by atoms with van der Waals surface area (Å²) in [7, 11) is 0. The molecule has 0 atom stereocenters. The number of hydrogen-bond acceptors (Lipinski definition) is 1. The third kappa shape index (κ3) is 4.89. The second-order valence-electron chi connectivity index (χ2n) is 16.0. The molecule has 9 aromatic rings. The summed E-state index contributed by atoms with van der Waals surface area (Å²) in [5.41, 5.74) is 18.3. The van der Waals surface area contributed by atoms with Gasteiger partial charge in [-0.1, -0.05) is 196 Å². The maximum atomic E-state index is 2.55. The second-order valence-corrected chi connectivity index (χ2v) is 16.0. The first-order valence-electron chi connectivity index (χ1n) is 20.0. The van der Waals surface area contributed by atoms with E-state index in [2.05, 4.69) is 231 Å². The average molecular weight is 728 g/mol. The van der Waals surface area contributed by atoms with Gasteiger partial charge in [-0.2, -0.15) is 0 Å². The van der Waals surface area contributed by atoms with Gasteiger partial charge in [-0.15, -0.1) is 0 Å². The summed E-state index contributed by atoms with van der Waals surface area (Å²) in [6.45, 7) is 4.75. The van der Waals surface area contributed by atoms with Crippen LogP contribution in [-0.4, -0.2) is 0 Å². The fraction of sp³-hybridized carbons (Fsp3) is 0.0714. The van der Waals surface area contributed by atoms with Crippen LogP contribution in [0.2, 0.25) is 0 Å². The Bertz CT molecular complexity index is 2920. The molecule has 0 spiro atoms. The van der Waals surface area contributed by atoms with Crippen molar-refractivity contribution in [3.63, 3.8) is 0 Å². The van der Waals surface area contributed by atoms with E-state index < -0.39 is 5.41 Å². The van der Waals surface area contributed by atoms with Crippen molar-refractivity contribution in [3.05, 3.63) is 246 Å². The molecule has 0 saturated heterocycles. The molecule has 0 aromatic heterocycles.